The van der Waals surface area contributed by atoms with E-state index in [0.717, 1.165) is 15.8 Å². The van der Waals surface area contributed by atoms with Gasteiger partial charge in [0, 0.05) is 16.8 Å². The normalized spacial score (nSPS) is 17.0. The largest absolute Gasteiger partial charge is 0.310 e. The molecule has 7 heteroatoms. The average molecular weight is 380 g/mol. The molecular weight excluding hydrogens is 366 g/mol. The van der Waals surface area contributed by atoms with Crippen molar-refractivity contribution in [3.05, 3.63) is 50.2 Å². The van der Waals surface area contributed by atoms with Crippen molar-refractivity contribution in [3.8, 4) is 0 Å². The van der Waals surface area contributed by atoms with Crippen molar-refractivity contribution in [2.75, 3.05) is 11.1 Å². The lowest BCUT2D eigenvalue weighted by atomic mass is 9.87. The molecule has 1 aliphatic heterocycles. The first kappa shape index (κ1) is 15.3. The lowest BCUT2D eigenvalue weighted by Crippen LogP contribution is -2.31. The van der Waals surface area contributed by atoms with Gasteiger partial charge in [-0.05, 0) is 17.4 Å². The maximum atomic E-state index is 12.5. The second kappa shape index (κ2) is 6.26. The van der Waals surface area contributed by atoms with Crippen LogP contribution in [0.4, 0.5) is 5.82 Å². The van der Waals surface area contributed by atoms with Crippen LogP contribution in [-0.2, 0) is 4.79 Å². The summed E-state index contributed by atoms with van der Waals surface area (Å²) in [5.74, 6) is 0.746. The predicted molar refractivity (Wildman–Crippen MR) is 90.5 cm³/mol. The van der Waals surface area contributed by atoms with Gasteiger partial charge in [-0.1, -0.05) is 52.8 Å². The summed E-state index contributed by atoms with van der Waals surface area (Å²) in [6, 6.07) is 7.63. The van der Waals surface area contributed by atoms with E-state index in [-0.39, 0.29) is 23.8 Å². The molecule has 114 valence electrons. The molecule has 0 saturated carbocycles. The number of benzene rings is 1. The number of hydrogen-bond acceptors (Lipinski definition) is 4. The third-order valence-electron chi connectivity index (χ3n) is 3.49. The fourth-order valence-electron chi connectivity index (χ4n) is 2.58. The third-order valence-corrected chi connectivity index (χ3v) is 4.97. The van der Waals surface area contributed by atoms with Gasteiger partial charge in [-0.2, -0.15) is 0 Å². The number of aromatic nitrogens is 2. The Morgan fingerprint density at radius 2 is 2.14 bits per heavy atom. The molecule has 1 unspecified atom stereocenters. The lowest BCUT2D eigenvalue weighted by Gasteiger charge is -2.25. The predicted octanol–water partition coefficient (Wildman–Crippen LogP) is 3.12. The maximum Gasteiger partial charge on any atom is 0.257 e. The molecule has 2 heterocycles. The summed E-state index contributed by atoms with van der Waals surface area (Å²) in [6.45, 7) is 1.98. The number of amides is 1. The molecular formula is C15H14BrN3O2S. The molecule has 1 aromatic heterocycles. The lowest BCUT2D eigenvalue weighted by molar-refractivity contribution is -0.116. The summed E-state index contributed by atoms with van der Waals surface area (Å²) in [6.07, 6.45) is 0.237. The summed E-state index contributed by atoms with van der Waals surface area (Å²) in [5.41, 5.74) is 1.25. The molecule has 0 bridgehead atoms. The zero-order valence-electron chi connectivity index (χ0n) is 11.9. The Balaban J connectivity index is 2.16. The molecule has 3 rings (SSSR count). The van der Waals surface area contributed by atoms with Crippen molar-refractivity contribution >= 4 is 39.4 Å². The third kappa shape index (κ3) is 2.83. The molecule has 1 aliphatic rings. The molecule has 0 radical (unpaired) electrons. The molecule has 0 fully saturated rings. The molecule has 22 heavy (non-hydrogen) atoms. The van der Waals surface area contributed by atoms with Crippen LogP contribution < -0.4 is 10.9 Å². The number of rotatable bonds is 3. The van der Waals surface area contributed by atoms with Crippen molar-refractivity contribution in [3.63, 3.8) is 0 Å². The smallest absolute Gasteiger partial charge is 0.257 e. The van der Waals surface area contributed by atoms with Crippen molar-refractivity contribution < 1.29 is 4.79 Å². The van der Waals surface area contributed by atoms with Crippen LogP contribution in [-0.4, -0.2) is 21.6 Å². The summed E-state index contributed by atoms with van der Waals surface area (Å²) < 4.78 is 0.882. The molecule has 2 N–H and O–H groups in total. The minimum Gasteiger partial charge on any atom is -0.310 e. The van der Waals surface area contributed by atoms with Crippen LogP contribution in [0.25, 0.3) is 0 Å². The average Bonchev–Trinajstić information content (AvgIpc) is 2.46. The number of carbonyl (C=O) groups excluding carboxylic acids is 1. The van der Waals surface area contributed by atoms with E-state index in [0.29, 0.717) is 16.5 Å². The van der Waals surface area contributed by atoms with Crippen LogP contribution in [0.2, 0.25) is 0 Å². The van der Waals surface area contributed by atoms with Crippen molar-refractivity contribution in [2.24, 2.45) is 0 Å². The van der Waals surface area contributed by atoms with Gasteiger partial charge in [0.05, 0.1) is 5.56 Å². The molecule has 0 aliphatic carbocycles. The molecule has 1 atom stereocenters. The molecule has 1 amide bonds. The number of nitrogens with one attached hydrogen (secondary N) is 2. The number of fused-ring (bicyclic) bond motifs is 1. The van der Waals surface area contributed by atoms with Gasteiger partial charge in [0.15, 0.2) is 5.16 Å². The fraction of sp³-hybridized carbons (Fsp3) is 0.267. The number of hydrogen-bond donors (Lipinski definition) is 2. The van der Waals surface area contributed by atoms with E-state index in [1.54, 1.807) is 0 Å². The highest BCUT2D eigenvalue weighted by Gasteiger charge is 2.31. The SMILES string of the molecule is CCSc1nc2c(c(=O)[nH]1)C(c1ccccc1Br)CC(=O)N2. The number of nitrogens with zero attached hydrogens (tertiary/aromatic N) is 1. The second-order valence-electron chi connectivity index (χ2n) is 4.89. The highest BCUT2D eigenvalue weighted by atomic mass is 79.9. The topological polar surface area (TPSA) is 74.8 Å². The van der Waals surface area contributed by atoms with Crippen molar-refractivity contribution in [1.82, 2.24) is 9.97 Å². The van der Waals surface area contributed by atoms with E-state index in [4.69, 9.17) is 0 Å². The Labute approximate surface area is 140 Å². The minimum atomic E-state index is -0.295. The Hall–Kier alpha value is -1.60. The summed E-state index contributed by atoms with van der Waals surface area (Å²) >= 11 is 4.94. The van der Waals surface area contributed by atoms with Gasteiger partial charge in [-0.15, -0.1) is 0 Å². The van der Waals surface area contributed by atoms with Crippen molar-refractivity contribution in [1.29, 1.82) is 0 Å². The Bertz CT molecular complexity index is 791. The van der Waals surface area contributed by atoms with E-state index in [1.807, 2.05) is 31.2 Å². The summed E-state index contributed by atoms with van der Waals surface area (Å²) in [7, 11) is 0. The van der Waals surface area contributed by atoms with E-state index in [9.17, 15) is 9.59 Å². The number of carbonyl (C=O) groups is 1. The first-order valence-corrected chi connectivity index (χ1v) is 8.69. The summed E-state index contributed by atoms with van der Waals surface area (Å²) in [5, 5.41) is 3.25. The second-order valence-corrected chi connectivity index (χ2v) is 7.00. The molecule has 2 aromatic rings. The minimum absolute atomic E-state index is 0.126. The van der Waals surface area contributed by atoms with Gasteiger partial charge in [-0.3, -0.25) is 9.59 Å². The van der Waals surface area contributed by atoms with Crippen LogP contribution in [0.3, 0.4) is 0 Å². The van der Waals surface area contributed by atoms with Gasteiger partial charge in [0.25, 0.3) is 5.56 Å². The fourth-order valence-corrected chi connectivity index (χ4v) is 3.73. The highest BCUT2D eigenvalue weighted by Crippen LogP contribution is 2.37. The maximum absolute atomic E-state index is 12.5. The number of halogens is 1. The summed E-state index contributed by atoms with van der Waals surface area (Å²) in [4.78, 5) is 31.7. The zero-order valence-corrected chi connectivity index (χ0v) is 14.3. The Morgan fingerprint density at radius 1 is 1.36 bits per heavy atom. The van der Waals surface area contributed by atoms with Crippen molar-refractivity contribution in [2.45, 2.75) is 24.4 Å². The number of thioether (sulfide) groups is 1. The standard InChI is InChI=1S/C15H14BrN3O2S/c1-2-22-15-18-13-12(14(21)19-15)9(7-11(20)17-13)8-5-3-4-6-10(8)16/h3-6,9H,2,7H2,1H3,(H2,17,18,19,20,21). The monoisotopic (exact) mass is 379 g/mol. The van der Waals surface area contributed by atoms with Gasteiger partial charge >= 0.3 is 0 Å². The number of H-pyrrole nitrogens is 1. The van der Waals surface area contributed by atoms with Crippen LogP contribution in [0.15, 0.2) is 38.7 Å². The quantitative estimate of drug-likeness (QED) is 0.634. The first-order valence-electron chi connectivity index (χ1n) is 6.91. The van der Waals surface area contributed by atoms with E-state index < -0.39 is 0 Å². The molecule has 0 saturated heterocycles. The number of anilines is 1. The highest BCUT2D eigenvalue weighted by molar-refractivity contribution is 9.10. The van der Waals surface area contributed by atoms with Crippen LogP contribution in [0.1, 0.15) is 30.4 Å². The van der Waals surface area contributed by atoms with E-state index in [2.05, 4.69) is 31.2 Å². The van der Waals surface area contributed by atoms with Gasteiger partial charge in [0.2, 0.25) is 5.91 Å². The molecule has 5 nitrogen and oxygen atoms in total. The Kier molecular flexibility index (Phi) is 4.35. The van der Waals surface area contributed by atoms with E-state index >= 15 is 0 Å². The van der Waals surface area contributed by atoms with Crippen LogP contribution in [0.5, 0.6) is 0 Å². The van der Waals surface area contributed by atoms with Crippen LogP contribution in [0, 0.1) is 0 Å². The number of aromatic amines is 1. The van der Waals surface area contributed by atoms with Gasteiger partial charge in [0.1, 0.15) is 5.82 Å². The van der Waals surface area contributed by atoms with Gasteiger partial charge < -0.3 is 10.3 Å². The molecule has 0 spiro atoms. The van der Waals surface area contributed by atoms with E-state index in [1.165, 1.54) is 11.8 Å². The van der Waals surface area contributed by atoms with Crippen LogP contribution >= 0.6 is 27.7 Å². The first-order chi connectivity index (χ1) is 10.6. The zero-order chi connectivity index (χ0) is 15.7. The van der Waals surface area contributed by atoms with Gasteiger partial charge in [-0.25, -0.2) is 4.98 Å². The Morgan fingerprint density at radius 3 is 2.86 bits per heavy atom. The molecule has 1 aromatic carbocycles.